The minimum absolute atomic E-state index is 0.341. The molecule has 1 aromatic carbocycles. The number of ether oxygens (including phenoxy) is 1. The van der Waals surface area contributed by atoms with Crippen LogP contribution in [0.3, 0.4) is 0 Å². The third-order valence-corrected chi connectivity index (χ3v) is 5.88. The molecule has 112 valence electrons. The van der Waals surface area contributed by atoms with Crippen LogP contribution in [-0.2, 0) is 4.74 Å². The maximum absolute atomic E-state index is 5.96. The Kier molecular flexibility index (Phi) is 5.91. The number of rotatable bonds is 5. The van der Waals surface area contributed by atoms with Gasteiger partial charge < -0.3 is 4.74 Å². The van der Waals surface area contributed by atoms with E-state index in [2.05, 4.69) is 46.9 Å². The molecule has 1 atom stereocenters. The van der Waals surface area contributed by atoms with Gasteiger partial charge in [-0.2, -0.15) is 0 Å². The lowest BCUT2D eigenvalue weighted by molar-refractivity contribution is 0.00675. The highest BCUT2D eigenvalue weighted by molar-refractivity contribution is 9.09. The van der Waals surface area contributed by atoms with E-state index >= 15 is 0 Å². The van der Waals surface area contributed by atoms with Crippen molar-refractivity contribution in [2.75, 3.05) is 32.1 Å². The molecule has 0 spiro atoms. The molecule has 4 heteroatoms. The minimum Gasteiger partial charge on any atom is -0.381 e. The van der Waals surface area contributed by atoms with Crippen LogP contribution in [0, 0.1) is 5.41 Å². The fraction of sp³-hybridized carbons (Fsp3) is 0.625. The monoisotopic (exact) mass is 359 g/mol. The quantitative estimate of drug-likeness (QED) is 0.716. The van der Waals surface area contributed by atoms with Gasteiger partial charge in [-0.1, -0.05) is 39.7 Å². The zero-order valence-corrected chi connectivity index (χ0v) is 14.6. The Morgan fingerprint density at radius 2 is 1.90 bits per heavy atom. The summed E-state index contributed by atoms with van der Waals surface area (Å²) in [5.41, 5.74) is 1.65. The molecule has 2 nitrogen and oxygen atoms in total. The van der Waals surface area contributed by atoms with Crippen LogP contribution in [0.15, 0.2) is 24.3 Å². The maximum Gasteiger partial charge on any atom is 0.0472 e. The van der Waals surface area contributed by atoms with Gasteiger partial charge in [-0.3, -0.25) is 4.90 Å². The van der Waals surface area contributed by atoms with Crippen molar-refractivity contribution in [2.24, 2.45) is 5.41 Å². The second-order valence-corrected chi connectivity index (χ2v) is 6.89. The Bertz CT molecular complexity index is 417. The van der Waals surface area contributed by atoms with Gasteiger partial charge >= 0.3 is 0 Å². The van der Waals surface area contributed by atoms with Gasteiger partial charge in [0.25, 0.3) is 0 Å². The fourth-order valence-electron chi connectivity index (χ4n) is 2.80. The smallest absolute Gasteiger partial charge is 0.0472 e. The number of hydrogen-bond acceptors (Lipinski definition) is 2. The molecule has 0 bridgehead atoms. The van der Waals surface area contributed by atoms with Crippen molar-refractivity contribution < 1.29 is 4.74 Å². The van der Waals surface area contributed by atoms with Crippen molar-refractivity contribution in [3.8, 4) is 0 Å². The zero-order valence-electron chi connectivity index (χ0n) is 12.2. The summed E-state index contributed by atoms with van der Waals surface area (Å²) in [7, 11) is 2.21. The van der Waals surface area contributed by atoms with Crippen molar-refractivity contribution in [1.82, 2.24) is 4.90 Å². The van der Waals surface area contributed by atoms with Crippen molar-refractivity contribution in [3.63, 3.8) is 0 Å². The number of halogens is 2. The van der Waals surface area contributed by atoms with Crippen molar-refractivity contribution >= 4 is 27.5 Å². The van der Waals surface area contributed by atoms with Crippen molar-refractivity contribution in [2.45, 2.75) is 25.8 Å². The van der Waals surface area contributed by atoms with Crippen molar-refractivity contribution in [1.29, 1.82) is 0 Å². The predicted molar refractivity (Wildman–Crippen MR) is 88.8 cm³/mol. The molecular formula is C16H23BrClNO. The third kappa shape index (κ3) is 3.97. The van der Waals surface area contributed by atoms with Gasteiger partial charge in [0.15, 0.2) is 0 Å². The van der Waals surface area contributed by atoms with E-state index in [-0.39, 0.29) is 0 Å². The lowest BCUT2D eigenvalue weighted by Crippen LogP contribution is -2.42. The molecule has 1 aromatic rings. The van der Waals surface area contributed by atoms with Crippen LogP contribution in [0.1, 0.15) is 31.4 Å². The molecule has 1 aliphatic rings. The molecule has 0 aromatic heterocycles. The Hall–Kier alpha value is -0.0900. The summed E-state index contributed by atoms with van der Waals surface area (Å²) in [4.78, 5) is 2.44. The molecule has 1 fully saturated rings. The average Bonchev–Trinajstić information content (AvgIpc) is 2.48. The first-order chi connectivity index (χ1) is 9.56. The number of alkyl halides is 1. The van der Waals surface area contributed by atoms with Gasteiger partial charge in [-0.05, 0) is 49.9 Å². The highest BCUT2D eigenvalue weighted by Gasteiger charge is 2.33. The Balaban J connectivity index is 2.02. The summed E-state index contributed by atoms with van der Waals surface area (Å²) < 4.78 is 5.51. The van der Waals surface area contributed by atoms with Gasteiger partial charge in [-0.25, -0.2) is 0 Å². The van der Waals surface area contributed by atoms with E-state index in [0.717, 1.165) is 43.0 Å². The van der Waals surface area contributed by atoms with Gasteiger partial charge in [0.2, 0.25) is 0 Å². The standard InChI is InChI=1S/C16H23BrClNO/c1-13(14-3-5-15(18)6-4-14)19(2)12-16(11-17)7-9-20-10-8-16/h3-6,13H,7-12H2,1-2H3. The van der Waals surface area contributed by atoms with Crippen LogP contribution >= 0.6 is 27.5 Å². The number of benzene rings is 1. The lowest BCUT2D eigenvalue weighted by atomic mass is 9.81. The van der Waals surface area contributed by atoms with Gasteiger partial charge in [0.05, 0.1) is 0 Å². The fourth-order valence-corrected chi connectivity index (χ4v) is 3.66. The Morgan fingerprint density at radius 1 is 1.30 bits per heavy atom. The number of hydrogen-bond donors (Lipinski definition) is 0. The van der Waals surface area contributed by atoms with Gasteiger partial charge in [0.1, 0.15) is 0 Å². The summed E-state index contributed by atoms with van der Waals surface area (Å²) in [6.07, 6.45) is 2.27. The Labute approximate surface area is 135 Å². The van der Waals surface area contributed by atoms with Gasteiger partial charge in [0, 0.05) is 36.2 Å². The summed E-state index contributed by atoms with van der Waals surface area (Å²) in [6, 6.07) is 8.57. The molecular weight excluding hydrogens is 338 g/mol. The molecule has 0 saturated carbocycles. The predicted octanol–water partition coefficient (Wildman–Crippen LogP) is 4.52. The Morgan fingerprint density at radius 3 is 2.45 bits per heavy atom. The summed E-state index contributed by atoms with van der Waals surface area (Å²) in [6.45, 7) is 5.11. The summed E-state index contributed by atoms with van der Waals surface area (Å²) in [5.74, 6) is 0. The second kappa shape index (κ2) is 7.26. The van der Waals surface area contributed by atoms with E-state index in [1.165, 1.54) is 5.56 Å². The van der Waals surface area contributed by atoms with Crippen LogP contribution in [0.5, 0.6) is 0 Å². The second-order valence-electron chi connectivity index (χ2n) is 5.89. The van der Waals surface area contributed by atoms with Crippen LogP contribution < -0.4 is 0 Å². The molecule has 1 saturated heterocycles. The third-order valence-electron chi connectivity index (χ3n) is 4.44. The van der Waals surface area contributed by atoms with E-state index < -0.39 is 0 Å². The van der Waals surface area contributed by atoms with Crippen LogP contribution in [0.2, 0.25) is 5.02 Å². The minimum atomic E-state index is 0.341. The molecule has 0 aliphatic carbocycles. The van der Waals surface area contributed by atoms with E-state index in [1.54, 1.807) is 0 Å². The van der Waals surface area contributed by atoms with E-state index in [4.69, 9.17) is 16.3 Å². The molecule has 1 aliphatic heterocycles. The summed E-state index contributed by atoms with van der Waals surface area (Å²) in [5, 5.41) is 1.84. The van der Waals surface area contributed by atoms with Gasteiger partial charge in [-0.15, -0.1) is 0 Å². The molecule has 2 rings (SSSR count). The van der Waals surface area contributed by atoms with Crippen LogP contribution in [-0.4, -0.2) is 37.0 Å². The first-order valence-corrected chi connectivity index (χ1v) is 8.66. The molecule has 0 radical (unpaired) electrons. The SMILES string of the molecule is CC(c1ccc(Cl)cc1)N(C)CC1(CBr)CCOCC1. The lowest BCUT2D eigenvalue weighted by Gasteiger charge is -2.40. The molecule has 0 N–H and O–H groups in total. The topological polar surface area (TPSA) is 12.5 Å². The van der Waals surface area contributed by atoms with E-state index in [1.807, 2.05) is 12.1 Å². The molecule has 20 heavy (non-hydrogen) atoms. The van der Waals surface area contributed by atoms with Crippen LogP contribution in [0.25, 0.3) is 0 Å². The van der Waals surface area contributed by atoms with Crippen LogP contribution in [0.4, 0.5) is 0 Å². The summed E-state index contributed by atoms with van der Waals surface area (Å²) >= 11 is 9.67. The van der Waals surface area contributed by atoms with Crippen molar-refractivity contribution in [3.05, 3.63) is 34.9 Å². The van der Waals surface area contributed by atoms with E-state index in [9.17, 15) is 0 Å². The highest BCUT2D eigenvalue weighted by Crippen LogP contribution is 2.35. The largest absolute Gasteiger partial charge is 0.381 e. The highest BCUT2D eigenvalue weighted by atomic mass is 79.9. The first kappa shape index (κ1) is 16.3. The molecule has 1 heterocycles. The normalized spacial score (nSPS) is 20.1. The first-order valence-electron chi connectivity index (χ1n) is 7.16. The zero-order chi connectivity index (χ0) is 14.6. The molecule has 1 unspecified atom stereocenters. The maximum atomic E-state index is 5.96. The number of nitrogens with zero attached hydrogens (tertiary/aromatic N) is 1. The molecule has 0 amide bonds. The van der Waals surface area contributed by atoms with E-state index in [0.29, 0.717) is 11.5 Å². The average molecular weight is 361 g/mol.